The van der Waals surface area contributed by atoms with E-state index in [9.17, 15) is 14.4 Å². The molecule has 0 spiro atoms. The van der Waals surface area contributed by atoms with Gasteiger partial charge < -0.3 is 14.2 Å². The van der Waals surface area contributed by atoms with Gasteiger partial charge in [0.25, 0.3) is 0 Å². The highest BCUT2D eigenvalue weighted by molar-refractivity contribution is 5.71. The van der Waals surface area contributed by atoms with Crippen LogP contribution in [0.5, 0.6) is 0 Å². The maximum Gasteiger partial charge on any atom is 0.306 e. The molecular formula is C47H90O6. The molecule has 0 fully saturated rings. The molecule has 0 N–H and O–H groups in total. The molecule has 0 aliphatic carbocycles. The Morgan fingerprint density at radius 2 is 0.660 bits per heavy atom. The van der Waals surface area contributed by atoms with Crippen molar-refractivity contribution >= 4 is 17.9 Å². The number of carbonyl (C=O) groups excluding carboxylic acids is 3. The highest BCUT2D eigenvalue weighted by atomic mass is 16.6. The Labute approximate surface area is 329 Å². The highest BCUT2D eigenvalue weighted by Gasteiger charge is 2.19. The SMILES string of the molecule is CCCCCCCCCCCCCCCC(=O)OC[C@H](COC(=O)CCCCCCCCC(C)CC)OC(=O)CCCCCCCCCCCCCC. The summed E-state index contributed by atoms with van der Waals surface area (Å²) in [6.45, 7) is 8.97. The number of hydrogen-bond acceptors (Lipinski definition) is 6. The van der Waals surface area contributed by atoms with E-state index in [2.05, 4.69) is 27.7 Å². The van der Waals surface area contributed by atoms with Crippen LogP contribution in [0.15, 0.2) is 0 Å². The first kappa shape index (κ1) is 51.4. The van der Waals surface area contributed by atoms with Gasteiger partial charge >= 0.3 is 17.9 Å². The van der Waals surface area contributed by atoms with Crippen molar-refractivity contribution in [1.29, 1.82) is 0 Å². The van der Waals surface area contributed by atoms with Crippen molar-refractivity contribution in [1.82, 2.24) is 0 Å². The number of rotatable bonds is 42. The van der Waals surface area contributed by atoms with Crippen molar-refractivity contribution in [2.24, 2.45) is 5.92 Å². The second-order valence-corrected chi connectivity index (χ2v) is 16.3. The van der Waals surface area contributed by atoms with Crippen LogP contribution in [0.4, 0.5) is 0 Å². The summed E-state index contributed by atoms with van der Waals surface area (Å²) in [5.41, 5.74) is 0. The first-order valence-electron chi connectivity index (χ1n) is 23.4. The molecule has 0 saturated carbocycles. The lowest BCUT2D eigenvalue weighted by Gasteiger charge is -2.18. The van der Waals surface area contributed by atoms with Gasteiger partial charge in [-0.05, 0) is 25.2 Å². The summed E-state index contributed by atoms with van der Waals surface area (Å²) in [5, 5.41) is 0. The largest absolute Gasteiger partial charge is 0.462 e. The van der Waals surface area contributed by atoms with Gasteiger partial charge in [-0.25, -0.2) is 0 Å². The lowest BCUT2D eigenvalue weighted by Crippen LogP contribution is -2.30. The Hall–Kier alpha value is -1.59. The van der Waals surface area contributed by atoms with Crippen molar-refractivity contribution in [3.05, 3.63) is 0 Å². The van der Waals surface area contributed by atoms with Gasteiger partial charge in [-0.2, -0.15) is 0 Å². The fourth-order valence-electron chi connectivity index (χ4n) is 6.95. The molecule has 0 bridgehead atoms. The second kappa shape index (κ2) is 41.6. The fraction of sp³-hybridized carbons (Fsp3) is 0.936. The standard InChI is InChI=1S/C47H90O6/c1-5-8-10-12-14-16-18-20-22-23-25-30-34-38-45(48)51-41-44(42-52-46(49)39-35-31-28-27-29-33-37-43(4)7-3)53-47(50)40-36-32-26-24-21-19-17-15-13-11-9-6-2/h43-44H,5-42H2,1-4H3/t43?,44-/m1/s1. The minimum absolute atomic E-state index is 0.0641. The van der Waals surface area contributed by atoms with Crippen LogP contribution in [0.2, 0.25) is 0 Å². The molecule has 0 radical (unpaired) electrons. The molecule has 0 rings (SSSR count). The quantitative estimate of drug-likeness (QED) is 0.0351. The number of ether oxygens (including phenoxy) is 3. The van der Waals surface area contributed by atoms with Gasteiger partial charge in [0.2, 0.25) is 0 Å². The minimum atomic E-state index is -0.759. The van der Waals surface area contributed by atoms with E-state index in [-0.39, 0.29) is 31.1 Å². The zero-order valence-corrected chi connectivity index (χ0v) is 36.0. The molecule has 6 nitrogen and oxygen atoms in total. The third-order valence-corrected chi connectivity index (χ3v) is 10.9. The van der Waals surface area contributed by atoms with Crippen LogP contribution in [0.25, 0.3) is 0 Å². The molecular weight excluding hydrogens is 661 g/mol. The number of esters is 3. The molecule has 314 valence electrons. The van der Waals surface area contributed by atoms with Gasteiger partial charge in [-0.15, -0.1) is 0 Å². The van der Waals surface area contributed by atoms with E-state index in [1.54, 1.807) is 0 Å². The molecule has 0 saturated heterocycles. The van der Waals surface area contributed by atoms with E-state index in [4.69, 9.17) is 14.2 Å². The van der Waals surface area contributed by atoms with Crippen molar-refractivity contribution in [3.63, 3.8) is 0 Å². The van der Waals surface area contributed by atoms with E-state index in [1.807, 2.05) is 0 Å². The summed E-state index contributed by atoms with van der Waals surface area (Å²) in [7, 11) is 0. The van der Waals surface area contributed by atoms with Crippen LogP contribution in [0.3, 0.4) is 0 Å². The van der Waals surface area contributed by atoms with E-state index in [1.165, 1.54) is 154 Å². The molecule has 2 atom stereocenters. The van der Waals surface area contributed by atoms with Crippen molar-refractivity contribution in [2.45, 2.75) is 265 Å². The number of unbranched alkanes of at least 4 members (excludes halogenated alkanes) is 28. The zero-order valence-electron chi connectivity index (χ0n) is 36.0. The Kier molecular flexibility index (Phi) is 40.3. The average Bonchev–Trinajstić information content (AvgIpc) is 3.15. The average molecular weight is 751 g/mol. The molecule has 1 unspecified atom stereocenters. The summed E-state index contributed by atoms with van der Waals surface area (Å²) in [6.07, 6.45) is 40.8. The Balaban J connectivity index is 4.33. The predicted molar refractivity (Wildman–Crippen MR) is 224 cm³/mol. The van der Waals surface area contributed by atoms with Crippen molar-refractivity contribution in [2.75, 3.05) is 13.2 Å². The summed E-state index contributed by atoms with van der Waals surface area (Å²) in [5.74, 6) is -0.0403. The molecule has 53 heavy (non-hydrogen) atoms. The number of carbonyl (C=O) groups is 3. The first-order valence-corrected chi connectivity index (χ1v) is 23.4. The van der Waals surface area contributed by atoms with Gasteiger partial charge in [-0.3, -0.25) is 14.4 Å². The summed E-state index contributed by atoms with van der Waals surface area (Å²) in [6, 6.07) is 0. The van der Waals surface area contributed by atoms with Crippen LogP contribution in [-0.2, 0) is 28.6 Å². The third kappa shape index (κ3) is 39.9. The summed E-state index contributed by atoms with van der Waals surface area (Å²) >= 11 is 0. The van der Waals surface area contributed by atoms with Gasteiger partial charge in [-0.1, -0.05) is 220 Å². The molecule has 0 aromatic heterocycles. The normalized spacial score (nSPS) is 12.5. The Bertz CT molecular complexity index is 798. The smallest absolute Gasteiger partial charge is 0.306 e. The zero-order chi connectivity index (χ0) is 38.9. The molecule has 0 aliphatic rings. The van der Waals surface area contributed by atoms with Gasteiger partial charge in [0.05, 0.1) is 0 Å². The van der Waals surface area contributed by atoms with E-state index >= 15 is 0 Å². The fourth-order valence-corrected chi connectivity index (χ4v) is 6.95. The molecule has 0 heterocycles. The first-order chi connectivity index (χ1) is 25.9. The maximum absolute atomic E-state index is 12.7. The summed E-state index contributed by atoms with van der Waals surface area (Å²) in [4.78, 5) is 37.7. The van der Waals surface area contributed by atoms with Gasteiger partial charge in [0.1, 0.15) is 13.2 Å². The van der Waals surface area contributed by atoms with E-state index in [0.717, 1.165) is 63.7 Å². The maximum atomic E-state index is 12.7. The van der Waals surface area contributed by atoms with Crippen LogP contribution < -0.4 is 0 Å². The van der Waals surface area contributed by atoms with Crippen molar-refractivity contribution in [3.8, 4) is 0 Å². The molecule has 6 heteroatoms. The topological polar surface area (TPSA) is 78.9 Å². The van der Waals surface area contributed by atoms with E-state index in [0.29, 0.717) is 19.3 Å². The highest BCUT2D eigenvalue weighted by Crippen LogP contribution is 2.17. The minimum Gasteiger partial charge on any atom is -0.462 e. The lowest BCUT2D eigenvalue weighted by molar-refractivity contribution is -0.167. The molecule has 0 aromatic carbocycles. The molecule has 0 aromatic rings. The summed E-state index contributed by atoms with van der Waals surface area (Å²) < 4.78 is 16.7. The van der Waals surface area contributed by atoms with E-state index < -0.39 is 6.10 Å². The van der Waals surface area contributed by atoms with Crippen LogP contribution >= 0.6 is 0 Å². The number of hydrogen-bond donors (Lipinski definition) is 0. The van der Waals surface area contributed by atoms with Crippen LogP contribution in [0, 0.1) is 5.92 Å². The second-order valence-electron chi connectivity index (χ2n) is 16.3. The Morgan fingerprint density at radius 1 is 0.377 bits per heavy atom. The predicted octanol–water partition coefficient (Wildman–Crippen LogP) is 14.7. The van der Waals surface area contributed by atoms with Crippen molar-refractivity contribution < 1.29 is 28.6 Å². The Morgan fingerprint density at radius 3 is 0.981 bits per heavy atom. The van der Waals surface area contributed by atoms with Crippen LogP contribution in [0.1, 0.15) is 259 Å². The van der Waals surface area contributed by atoms with Gasteiger partial charge in [0, 0.05) is 19.3 Å². The molecule has 0 amide bonds. The monoisotopic (exact) mass is 751 g/mol. The van der Waals surface area contributed by atoms with Crippen LogP contribution in [-0.4, -0.2) is 37.2 Å². The lowest BCUT2D eigenvalue weighted by atomic mass is 10.00. The third-order valence-electron chi connectivity index (χ3n) is 10.9. The molecule has 0 aliphatic heterocycles. The van der Waals surface area contributed by atoms with Gasteiger partial charge in [0.15, 0.2) is 6.10 Å².